The minimum Gasteiger partial charge on any atom is -0.494 e. The minimum atomic E-state index is -0.0849. The van der Waals surface area contributed by atoms with Gasteiger partial charge in [0, 0.05) is 24.2 Å². The number of aryl methyl sites for hydroxylation is 2. The molecule has 0 fully saturated rings. The van der Waals surface area contributed by atoms with Crippen molar-refractivity contribution < 1.29 is 14.3 Å². The summed E-state index contributed by atoms with van der Waals surface area (Å²) in [5.41, 5.74) is 4.41. The number of ether oxygens (including phenoxy) is 1. The van der Waals surface area contributed by atoms with E-state index in [-0.39, 0.29) is 11.8 Å². The Bertz CT molecular complexity index is 1060. The van der Waals surface area contributed by atoms with Crippen LogP contribution in [0.3, 0.4) is 0 Å². The minimum absolute atomic E-state index is 0.0424. The van der Waals surface area contributed by atoms with E-state index in [0.717, 1.165) is 28.3 Å². The summed E-state index contributed by atoms with van der Waals surface area (Å²) < 4.78 is 7.32. The Morgan fingerprint density at radius 3 is 2.97 bits per heavy atom. The molecule has 2 amide bonds. The Morgan fingerprint density at radius 2 is 2.13 bits per heavy atom. The Kier molecular flexibility index (Phi) is 5.69. The second-order valence-electron chi connectivity index (χ2n) is 7.12. The highest BCUT2D eigenvalue weighted by molar-refractivity contribution is 5.94. The summed E-state index contributed by atoms with van der Waals surface area (Å²) in [5, 5.41) is 16.9. The second kappa shape index (κ2) is 8.73. The highest BCUT2D eigenvalue weighted by Gasteiger charge is 2.15. The molecule has 0 saturated carbocycles. The molecule has 9 heteroatoms. The molecule has 0 spiro atoms. The molecule has 30 heavy (non-hydrogen) atoms. The van der Waals surface area contributed by atoms with Crippen molar-refractivity contribution in [2.24, 2.45) is 0 Å². The number of carbonyl (C=O) groups is 2. The molecule has 1 aliphatic heterocycles. The molecule has 0 radical (unpaired) electrons. The van der Waals surface area contributed by atoms with Crippen LogP contribution in [-0.4, -0.2) is 38.6 Å². The summed E-state index contributed by atoms with van der Waals surface area (Å²) in [7, 11) is 0. The standard InChI is InChI=1S/C21H22N6O3/c1-14-4-6-16(12-19(14)27-13-22-25-26-27)23-20(28)3-2-10-30-17-7-8-18-15(11-17)5-9-21(29)24-18/h4,6-8,11-13H,2-3,5,9-10H2,1H3,(H,23,28)(H,24,29). The van der Waals surface area contributed by atoms with Gasteiger partial charge in [-0.15, -0.1) is 5.10 Å². The molecule has 3 aromatic rings. The molecule has 2 aromatic carbocycles. The number of fused-ring (bicyclic) bond motifs is 1. The number of tetrazole rings is 1. The van der Waals surface area contributed by atoms with Crippen molar-refractivity contribution >= 4 is 23.2 Å². The number of nitrogens with one attached hydrogen (secondary N) is 2. The van der Waals surface area contributed by atoms with E-state index in [1.54, 1.807) is 4.68 Å². The monoisotopic (exact) mass is 406 g/mol. The Labute approximate surface area is 173 Å². The first-order valence-electron chi connectivity index (χ1n) is 9.78. The van der Waals surface area contributed by atoms with Crippen molar-refractivity contribution in [3.05, 3.63) is 53.9 Å². The van der Waals surface area contributed by atoms with Crippen LogP contribution >= 0.6 is 0 Å². The van der Waals surface area contributed by atoms with Gasteiger partial charge in [-0.2, -0.15) is 0 Å². The van der Waals surface area contributed by atoms with Gasteiger partial charge in [0.05, 0.1) is 12.3 Å². The first-order chi connectivity index (χ1) is 14.6. The van der Waals surface area contributed by atoms with Gasteiger partial charge in [0.2, 0.25) is 11.8 Å². The molecule has 2 heterocycles. The van der Waals surface area contributed by atoms with Gasteiger partial charge >= 0.3 is 0 Å². The van der Waals surface area contributed by atoms with Gasteiger partial charge in [0.15, 0.2) is 0 Å². The predicted octanol–water partition coefficient (Wildman–Crippen LogP) is 2.65. The number of anilines is 2. The lowest BCUT2D eigenvalue weighted by molar-refractivity contribution is -0.117. The number of aromatic nitrogens is 4. The summed E-state index contributed by atoms with van der Waals surface area (Å²) in [4.78, 5) is 23.7. The van der Waals surface area contributed by atoms with Crippen LogP contribution in [0, 0.1) is 6.92 Å². The lowest BCUT2D eigenvalue weighted by Gasteiger charge is -2.17. The van der Waals surface area contributed by atoms with Gasteiger partial charge in [0.25, 0.3) is 0 Å². The van der Waals surface area contributed by atoms with Crippen molar-refractivity contribution in [2.75, 3.05) is 17.2 Å². The summed E-state index contributed by atoms with van der Waals surface area (Å²) >= 11 is 0. The number of hydrogen-bond acceptors (Lipinski definition) is 6. The van der Waals surface area contributed by atoms with Crippen LogP contribution in [0.2, 0.25) is 0 Å². The number of benzene rings is 2. The van der Waals surface area contributed by atoms with Crippen molar-refractivity contribution in [3.8, 4) is 11.4 Å². The van der Waals surface area contributed by atoms with Gasteiger partial charge in [0.1, 0.15) is 12.1 Å². The highest BCUT2D eigenvalue weighted by Crippen LogP contribution is 2.27. The maximum absolute atomic E-state index is 12.3. The molecule has 154 valence electrons. The maximum atomic E-state index is 12.3. The third-order valence-electron chi connectivity index (χ3n) is 4.88. The average Bonchev–Trinajstić information content (AvgIpc) is 3.27. The quantitative estimate of drug-likeness (QED) is 0.584. The van der Waals surface area contributed by atoms with Crippen LogP contribution in [0.4, 0.5) is 11.4 Å². The average molecular weight is 406 g/mol. The SMILES string of the molecule is Cc1ccc(NC(=O)CCCOc2ccc3c(c2)CCC(=O)N3)cc1-n1cnnn1. The van der Waals surface area contributed by atoms with Crippen LogP contribution in [0.15, 0.2) is 42.7 Å². The normalized spacial score (nSPS) is 12.8. The number of amides is 2. The van der Waals surface area contributed by atoms with E-state index in [1.807, 2.05) is 43.3 Å². The Balaban J connectivity index is 1.26. The number of carbonyl (C=O) groups excluding carboxylic acids is 2. The first kappa shape index (κ1) is 19.6. The summed E-state index contributed by atoms with van der Waals surface area (Å²) in [6, 6.07) is 11.2. The van der Waals surface area contributed by atoms with Gasteiger partial charge in [-0.3, -0.25) is 9.59 Å². The largest absolute Gasteiger partial charge is 0.494 e. The smallest absolute Gasteiger partial charge is 0.224 e. The molecule has 0 atom stereocenters. The summed E-state index contributed by atoms with van der Waals surface area (Å²) in [6.07, 6.45) is 3.65. The van der Waals surface area contributed by atoms with Crippen LogP contribution in [-0.2, 0) is 16.0 Å². The topological polar surface area (TPSA) is 111 Å². The van der Waals surface area contributed by atoms with E-state index in [9.17, 15) is 9.59 Å². The number of hydrogen-bond donors (Lipinski definition) is 2. The molecule has 0 saturated heterocycles. The molecule has 1 aliphatic rings. The molecule has 2 N–H and O–H groups in total. The van der Waals surface area contributed by atoms with E-state index in [0.29, 0.717) is 38.0 Å². The molecule has 0 bridgehead atoms. The van der Waals surface area contributed by atoms with Crippen molar-refractivity contribution in [2.45, 2.75) is 32.6 Å². The van der Waals surface area contributed by atoms with Gasteiger partial charge in [-0.25, -0.2) is 4.68 Å². The first-order valence-corrected chi connectivity index (χ1v) is 9.78. The predicted molar refractivity (Wildman–Crippen MR) is 111 cm³/mol. The molecule has 4 rings (SSSR count). The fourth-order valence-electron chi connectivity index (χ4n) is 3.30. The van der Waals surface area contributed by atoms with E-state index < -0.39 is 0 Å². The van der Waals surface area contributed by atoms with Crippen molar-refractivity contribution in [1.29, 1.82) is 0 Å². The molecule has 1 aromatic heterocycles. The van der Waals surface area contributed by atoms with Crippen molar-refractivity contribution in [3.63, 3.8) is 0 Å². The van der Waals surface area contributed by atoms with Crippen LogP contribution in [0.5, 0.6) is 5.75 Å². The molecule has 0 aliphatic carbocycles. The zero-order chi connectivity index (χ0) is 20.9. The van der Waals surface area contributed by atoms with Crippen LogP contribution in [0.1, 0.15) is 30.4 Å². The molecular weight excluding hydrogens is 384 g/mol. The van der Waals surface area contributed by atoms with E-state index in [1.165, 1.54) is 6.33 Å². The van der Waals surface area contributed by atoms with Crippen LogP contribution in [0.25, 0.3) is 5.69 Å². The van der Waals surface area contributed by atoms with Gasteiger partial charge < -0.3 is 15.4 Å². The highest BCUT2D eigenvalue weighted by atomic mass is 16.5. The van der Waals surface area contributed by atoms with Crippen LogP contribution < -0.4 is 15.4 Å². The van der Waals surface area contributed by atoms with E-state index in [4.69, 9.17) is 4.74 Å². The maximum Gasteiger partial charge on any atom is 0.224 e. The van der Waals surface area contributed by atoms with E-state index in [2.05, 4.69) is 26.2 Å². The summed E-state index contributed by atoms with van der Waals surface area (Å²) in [6.45, 7) is 2.39. The zero-order valence-corrected chi connectivity index (χ0v) is 16.6. The number of nitrogens with zero attached hydrogens (tertiary/aromatic N) is 4. The van der Waals surface area contributed by atoms with Crippen molar-refractivity contribution in [1.82, 2.24) is 20.2 Å². The van der Waals surface area contributed by atoms with Gasteiger partial charge in [-0.1, -0.05) is 6.07 Å². The van der Waals surface area contributed by atoms with Gasteiger partial charge in [-0.05, 0) is 71.7 Å². The second-order valence-corrected chi connectivity index (χ2v) is 7.12. The Morgan fingerprint density at radius 1 is 1.23 bits per heavy atom. The fourth-order valence-corrected chi connectivity index (χ4v) is 3.30. The lowest BCUT2D eigenvalue weighted by Crippen LogP contribution is -2.18. The molecular formula is C21H22N6O3. The fraction of sp³-hybridized carbons (Fsp3) is 0.286. The number of rotatable bonds is 7. The van der Waals surface area contributed by atoms with E-state index >= 15 is 0 Å². The third kappa shape index (κ3) is 4.62. The Hall–Kier alpha value is -3.75. The summed E-state index contributed by atoms with van der Waals surface area (Å²) in [5.74, 6) is 0.703. The molecule has 0 unspecified atom stereocenters. The lowest BCUT2D eigenvalue weighted by atomic mass is 10.0. The third-order valence-corrected chi connectivity index (χ3v) is 4.88. The zero-order valence-electron chi connectivity index (χ0n) is 16.6. The molecule has 9 nitrogen and oxygen atoms in total.